The molecule has 0 radical (unpaired) electrons. The second-order valence-electron chi connectivity index (χ2n) is 7.76. The first kappa shape index (κ1) is 23.9. The van der Waals surface area contributed by atoms with Crippen LogP contribution in [0, 0.1) is 0 Å². The van der Waals surface area contributed by atoms with Crippen LogP contribution in [0.1, 0.15) is 35.7 Å². The van der Waals surface area contributed by atoms with Crippen molar-refractivity contribution in [2.24, 2.45) is 0 Å². The van der Waals surface area contributed by atoms with Gasteiger partial charge in [-0.3, -0.25) is 9.59 Å². The van der Waals surface area contributed by atoms with Crippen LogP contribution < -0.4 is 4.74 Å². The van der Waals surface area contributed by atoms with Crippen LogP contribution in [0.5, 0.6) is 5.75 Å². The van der Waals surface area contributed by atoms with Crippen LogP contribution in [0.4, 0.5) is 0 Å². The molecule has 2 aromatic carbocycles. The molecule has 0 atom stereocenters. The summed E-state index contributed by atoms with van der Waals surface area (Å²) in [6.07, 6.45) is 4.56. The van der Waals surface area contributed by atoms with E-state index in [0.29, 0.717) is 31.6 Å². The average Bonchev–Trinajstić information content (AvgIpc) is 3.38. The molecule has 0 bridgehead atoms. The third kappa shape index (κ3) is 6.84. The highest BCUT2D eigenvalue weighted by Gasteiger charge is 2.14. The van der Waals surface area contributed by atoms with E-state index in [1.54, 1.807) is 30.3 Å². The summed E-state index contributed by atoms with van der Waals surface area (Å²) >= 11 is 0. The number of para-hydroxylation sites is 1. The zero-order valence-corrected chi connectivity index (χ0v) is 19.2. The van der Waals surface area contributed by atoms with E-state index in [1.165, 1.54) is 7.11 Å². The van der Waals surface area contributed by atoms with Gasteiger partial charge in [0, 0.05) is 36.7 Å². The molecule has 0 unspecified atom stereocenters. The van der Waals surface area contributed by atoms with Crippen molar-refractivity contribution in [1.82, 2.24) is 4.90 Å². The number of esters is 1. The zero-order valence-electron chi connectivity index (χ0n) is 19.2. The van der Waals surface area contributed by atoms with Gasteiger partial charge >= 0.3 is 5.97 Å². The molecule has 172 valence electrons. The molecule has 0 aliphatic rings. The summed E-state index contributed by atoms with van der Waals surface area (Å²) in [6.45, 7) is 2.76. The fourth-order valence-electron chi connectivity index (χ4n) is 3.32. The van der Waals surface area contributed by atoms with E-state index in [0.717, 1.165) is 28.2 Å². The Morgan fingerprint density at radius 2 is 1.76 bits per heavy atom. The van der Waals surface area contributed by atoms with Gasteiger partial charge in [-0.1, -0.05) is 35.9 Å². The molecular formula is C27H29NO5. The predicted octanol–water partition coefficient (Wildman–Crippen LogP) is 5.50. The highest BCUT2D eigenvalue weighted by molar-refractivity contribution is 5.94. The Morgan fingerprint density at radius 1 is 1.00 bits per heavy atom. The number of carbonyl (C=O) groups is 2. The number of ether oxygens (including phenoxy) is 2. The lowest BCUT2D eigenvalue weighted by Crippen LogP contribution is -2.26. The van der Waals surface area contributed by atoms with E-state index in [-0.39, 0.29) is 11.9 Å². The van der Waals surface area contributed by atoms with Gasteiger partial charge in [0.1, 0.15) is 18.1 Å². The Hall–Kier alpha value is -3.80. The van der Waals surface area contributed by atoms with Crippen LogP contribution in [0.15, 0.2) is 83.0 Å². The first-order valence-electron chi connectivity index (χ1n) is 10.8. The van der Waals surface area contributed by atoms with Crippen LogP contribution in [-0.4, -0.2) is 37.5 Å². The van der Waals surface area contributed by atoms with Crippen LogP contribution in [0.2, 0.25) is 0 Å². The first-order valence-corrected chi connectivity index (χ1v) is 10.8. The summed E-state index contributed by atoms with van der Waals surface area (Å²) in [5.74, 6) is 1.19. The maximum atomic E-state index is 12.9. The number of hydrogen-bond acceptors (Lipinski definition) is 5. The number of nitrogens with zero attached hydrogens (tertiary/aromatic N) is 1. The highest BCUT2D eigenvalue weighted by Crippen LogP contribution is 2.23. The van der Waals surface area contributed by atoms with Gasteiger partial charge < -0.3 is 18.8 Å². The van der Waals surface area contributed by atoms with Gasteiger partial charge in [-0.15, -0.1) is 0 Å². The molecule has 0 aliphatic heterocycles. The molecule has 6 nitrogen and oxygen atoms in total. The van der Waals surface area contributed by atoms with Crippen molar-refractivity contribution in [3.8, 4) is 17.1 Å². The molecule has 0 aliphatic carbocycles. The number of furan rings is 1. The normalized spacial score (nSPS) is 11.2. The zero-order chi connectivity index (χ0) is 23.6. The maximum Gasteiger partial charge on any atom is 0.305 e. The maximum absolute atomic E-state index is 12.9. The number of methoxy groups -OCH3 is 1. The minimum absolute atomic E-state index is 0.0747. The second-order valence-corrected chi connectivity index (χ2v) is 7.76. The van der Waals surface area contributed by atoms with Gasteiger partial charge in [0.25, 0.3) is 5.91 Å². The minimum atomic E-state index is -0.225. The van der Waals surface area contributed by atoms with Gasteiger partial charge in [0.2, 0.25) is 0 Å². The van der Waals surface area contributed by atoms with Crippen molar-refractivity contribution >= 4 is 11.9 Å². The fourth-order valence-corrected chi connectivity index (χ4v) is 3.32. The Labute approximate surface area is 194 Å². The van der Waals surface area contributed by atoms with Crippen molar-refractivity contribution in [1.29, 1.82) is 0 Å². The molecule has 0 N–H and O–H groups in total. The molecule has 6 heteroatoms. The van der Waals surface area contributed by atoms with E-state index in [2.05, 4.69) is 4.74 Å². The van der Waals surface area contributed by atoms with Crippen LogP contribution in [0.3, 0.4) is 0 Å². The minimum Gasteiger partial charge on any atom is -0.489 e. The SMILES string of the molecule is COC(=O)CC/C(C)=C/COc1ccccc1CN(C)C(=O)c1ccc(-c2ccco2)cc1. The van der Waals surface area contributed by atoms with Crippen LogP contribution in [-0.2, 0) is 16.1 Å². The van der Waals surface area contributed by atoms with Crippen LogP contribution in [0.25, 0.3) is 11.3 Å². The molecule has 3 rings (SSSR count). The van der Waals surface area contributed by atoms with Gasteiger partial charge in [-0.05, 0) is 49.8 Å². The number of benzene rings is 2. The molecule has 0 saturated carbocycles. The summed E-state index contributed by atoms with van der Waals surface area (Å²) in [6, 6.07) is 18.8. The van der Waals surface area contributed by atoms with Gasteiger partial charge in [0.15, 0.2) is 0 Å². The smallest absolute Gasteiger partial charge is 0.305 e. The average molecular weight is 448 g/mol. The van der Waals surface area contributed by atoms with Gasteiger partial charge in [-0.25, -0.2) is 0 Å². The number of allylic oxidation sites excluding steroid dienone is 1. The third-order valence-electron chi connectivity index (χ3n) is 5.29. The number of amides is 1. The molecule has 0 fully saturated rings. The van der Waals surface area contributed by atoms with Crippen molar-refractivity contribution in [3.63, 3.8) is 0 Å². The largest absolute Gasteiger partial charge is 0.489 e. The van der Waals surface area contributed by atoms with Gasteiger partial charge in [-0.2, -0.15) is 0 Å². The second kappa shape index (κ2) is 11.7. The Kier molecular flexibility index (Phi) is 8.47. The highest BCUT2D eigenvalue weighted by atomic mass is 16.5. The Balaban J connectivity index is 1.59. The van der Waals surface area contributed by atoms with E-state index in [1.807, 2.05) is 61.5 Å². The van der Waals surface area contributed by atoms with Gasteiger partial charge in [0.05, 0.1) is 13.4 Å². The molecule has 1 heterocycles. The van der Waals surface area contributed by atoms with Crippen molar-refractivity contribution < 1.29 is 23.5 Å². The van der Waals surface area contributed by atoms with E-state index >= 15 is 0 Å². The third-order valence-corrected chi connectivity index (χ3v) is 5.29. The molecule has 0 spiro atoms. The lowest BCUT2D eigenvalue weighted by atomic mass is 10.1. The quantitative estimate of drug-likeness (QED) is 0.303. The van der Waals surface area contributed by atoms with Crippen molar-refractivity contribution in [3.05, 3.63) is 89.7 Å². The lowest BCUT2D eigenvalue weighted by Gasteiger charge is -2.19. The van der Waals surface area contributed by atoms with E-state index in [4.69, 9.17) is 9.15 Å². The molecule has 0 saturated heterocycles. The topological polar surface area (TPSA) is 69.0 Å². The molecule has 1 aromatic heterocycles. The summed E-state index contributed by atoms with van der Waals surface area (Å²) < 4.78 is 16.0. The molecular weight excluding hydrogens is 418 g/mol. The molecule has 3 aromatic rings. The Morgan fingerprint density at radius 3 is 2.45 bits per heavy atom. The first-order chi connectivity index (χ1) is 16.0. The summed E-state index contributed by atoms with van der Waals surface area (Å²) in [7, 11) is 3.16. The van der Waals surface area contributed by atoms with E-state index < -0.39 is 0 Å². The number of hydrogen-bond donors (Lipinski definition) is 0. The van der Waals surface area contributed by atoms with Crippen molar-refractivity contribution in [2.75, 3.05) is 20.8 Å². The van der Waals surface area contributed by atoms with E-state index in [9.17, 15) is 9.59 Å². The van der Waals surface area contributed by atoms with Crippen LogP contribution >= 0.6 is 0 Å². The lowest BCUT2D eigenvalue weighted by molar-refractivity contribution is -0.140. The summed E-state index contributed by atoms with van der Waals surface area (Å²) in [5.41, 5.74) is 3.51. The monoisotopic (exact) mass is 447 g/mol. The Bertz CT molecular complexity index is 1080. The van der Waals surface area contributed by atoms with Crippen molar-refractivity contribution in [2.45, 2.75) is 26.3 Å². The summed E-state index contributed by atoms with van der Waals surface area (Å²) in [5, 5.41) is 0. The molecule has 33 heavy (non-hydrogen) atoms. The number of rotatable bonds is 10. The fraction of sp³-hybridized carbons (Fsp3) is 0.259. The summed E-state index contributed by atoms with van der Waals surface area (Å²) in [4.78, 5) is 25.9. The number of carbonyl (C=O) groups excluding carboxylic acids is 2. The predicted molar refractivity (Wildman–Crippen MR) is 127 cm³/mol. The standard InChI is InChI=1S/C27H29NO5/c1-20(10-15-26(29)31-3)16-18-33-25-8-5-4-7-23(25)19-28(2)27(30)22-13-11-21(12-14-22)24-9-6-17-32-24/h4-9,11-14,16-17H,10,15,18-19H2,1-3H3/b20-16+. The molecule has 1 amide bonds.